The zero-order valence-electron chi connectivity index (χ0n) is 7.06. The zero-order valence-corrected chi connectivity index (χ0v) is 7.06. The van der Waals surface area contributed by atoms with Gasteiger partial charge in [0.1, 0.15) is 0 Å². The lowest BCUT2D eigenvalue weighted by atomic mass is 10.2. The van der Waals surface area contributed by atoms with Crippen LogP contribution in [-0.4, -0.2) is 46.4 Å². The maximum Gasteiger partial charge on any atom is 0.0742 e. The molecule has 0 fully saturated rings. The molecule has 0 bridgehead atoms. The Bertz CT molecular complexity index is 61.5. The fourth-order valence-electron chi connectivity index (χ4n) is 0.0577. The van der Waals surface area contributed by atoms with Crippen LogP contribution in [0.1, 0.15) is 13.8 Å². The smallest absolute Gasteiger partial charge is 0.0742 e. The van der Waals surface area contributed by atoms with E-state index in [2.05, 4.69) is 0 Å². The van der Waals surface area contributed by atoms with Crippen LogP contribution < -0.4 is 0 Å². The second-order valence-corrected chi connectivity index (χ2v) is 2.50. The first-order valence-electron chi connectivity index (χ1n) is 3.59. The molecule has 1 unspecified atom stereocenters. The molecule has 0 aromatic rings. The first-order chi connectivity index (χ1) is 5.08. The summed E-state index contributed by atoms with van der Waals surface area (Å²) in [6, 6.07) is 0. The lowest BCUT2D eigenvalue weighted by Crippen LogP contribution is -2.04. The van der Waals surface area contributed by atoms with E-state index >= 15 is 0 Å². The quantitative estimate of drug-likeness (QED) is 0.432. The highest BCUT2D eigenvalue weighted by atomic mass is 16.3. The van der Waals surface area contributed by atoms with Crippen LogP contribution in [-0.2, 0) is 0 Å². The first-order valence-corrected chi connectivity index (χ1v) is 3.59. The van der Waals surface area contributed by atoms with Crippen molar-refractivity contribution in [3.05, 3.63) is 0 Å². The Morgan fingerprint density at radius 2 is 1.18 bits per heavy atom. The summed E-state index contributed by atoms with van der Waals surface area (Å²) in [7, 11) is 0. The Morgan fingerprint density at radius 1 is 0.909 bits per heavy atom. The van der Waals surface area contributed by atoms with Gasteiger partial charge in [0.2, 0.25) is 0 Å². The lowest BCUT2D eigenvalue weighted by molar-refractivity contribution is 0.110. The summed E-state index contributed by atoms with van der Waals surface area (Å²) in [5.74, 6) is 0.0463. The van der Waals surface area contributed by atoms with Crippen molar-refractivity contribution >= 4 is 0 Å². The van der Waals surface area contributed by atoms with Crippen LogP contribution in [0.3, 0.4) is 0 Å². The lowest BCUT2D eigenvalue weighted by Gasteiger charge is -1.97. The van der Waals surface area contributed by atoms with Crippen molar-refractivity contribution < 1.29 is 20.4 Å². The SMILES string of the molecule is CC(CO)CO.CC(O)CO. The van der Waals surface area contributed by atoms with Crippen molar-refractivity contribution in [1.29, 1.82) is 0 Å². The van der Waals surface area contributed by atoms with Crippen LogP contribution in [0.25, 0.3) is 0 Å². The fourth-order valence-corrected chi connectivity index (χ4v) is 0.0577. The van der Waals surface area contributed by atoms with Gasteiger partial charge in [-0.1, -0.05) is 6.92 Å². The molecule has 1 atom stereocenters. The molecule has 0 spiro atoms. The van der Waals surface area contributed by atoms with Gasteiger partial charge in [0, 0.05) is 19.1 Å². The molecule has 11 heavy (non-hydrogen) atoms. The highest BCUT2D eigenvalue weighted by molar-refractivity contribution is 4.41. The van der Waals surface area contributed by atoms with Gasteiger partial charge in [0.15, 0.2) is 0 Å². The Labute approximate surface area is 67.1 Å². The van der Waals surface area contributed by atoms with Gasteiger partial charge in [-0.2, -0.15) is 0 Å². The molecule has 0 saturated heterocycles. The van der Waals surface area contributed by atoms with Crippen LogP contribution in [0.15, 0.2) is 0 Å². The third kappa shape index (κ3) is 17.7. The molecule has 0 aliphatic rings. The van der Waals surface area contributed by atoms with E-state index in [1.807, 2.05) is 0 Å². The molecule has 0 radical (unpaired) electrons. The summed E-state index contributed by atoms with van der Waals surface area (Å²) in [5.41, 5.74) is 0. The molecular formula is C7H18O4. The molecule has 0 rings (SSSR count). The molecule has 0 aliphatic heterocycles. The number of hydrogen-bond acceptors (Lipinski definition) is 4. The van der Waals surface area contributed by atoms with Crippen LogP contribution in [0.5, 0.6) is 0 Å². The summed E-state index contributed by atoms with van der Waals surface area (Å²) >= 11 is 0. The van der Waals surface area contributed by atoms with Crippen LogP contribution in [0, 0.1) is 5.92 Å². The second kappa shape index (κ2) is 9.84. The van der Waals surface area contributed by atoms with Crippen molar-refractivity contribution in [3.63, 3.8) is 0 Å². The normalized spacial score (nSPS) is 12.3. The maximum absolute atomic E-state index is 8.17. The predicted molar refractivity (Wildman–Crippen MR) is 42.1 cm³/mol. The molecule has 4 nitrogen and oxygen atoms in total. The van der Waals surface area contributed by atoms with Gasteiger partial charge < -0.3 is 20.4 Å². The van der Waals surface area contributed by atoms with Gasteiger partial charge in [-0.25, -0.2) is 0 Å². The molecule has 4 N–H and O–H groups in total. The first kappa shape index (κ1) is 13.4. The summed E-state index contributed by atoms with van der Waals surface area (Å²) in [6.45, 7) is 3.33. The van der Waals surface area contributed by atoms with E-state index in [-0.39, 0.29) is 25.7 Å². The number of aliphatic hydroxyl groups is 4. The number of hydrogen-bond donors (Lipinski definition) is 4. The fraction of sp³-hybridized carbons (Fsp3) is 1.00. The molecule has 0 aromatic heterocycles. The minimum atomic E-state index is -0.560. The standard InChI is InChI=1S/C4H10O2.C3H8O2/c1-4(2-5)3-6;1-3(5)2-4/h4-6H,2-3H2,1H3;3-5H,2H2,1H3. The largest absolute Gasteiger partial charge is 0.396 e. The molecule has 0 aliphatic carbocycles. The molecule has 4 heteroatoms. The van der Waals surface area contributed by atoms with Gasteiger partial charge in [0.25, 0.3) is 0 Å². The Kier molecular flexibility index (Phi) is 12.0. The van der Waals surface area contributed by atoms with Crippen LogP contribution >= 0.6 is 0 Å². The van der Waals surface area contributed by atoms with E-state index in [1.54, 1.807) is 6.92 Å². The van der Waals surface area contributed by atoms with E-state index in [1.165, 1.54) is 6.92 Å². The average molecular weight is 166 g/mol. The summed E-state index contributed by atoms with van der Waals surface area (Å²) < 4.78 is 0. The molecule has 70 valence electrons. The van der Waals surface area contributed by atoms with Crippen molar-refractivity contribution in [1.82, 2.24) is 0 Å². The maximum atomic E-state index is 8.17. The van der Waals surface area contributed by atoms with E-state index < -0.39 is 6.10 Å². The summed E-state index contributed by atoms with van der Waals surface area (Å²) in [6.07, 6.45) is -0.560. The third-order valence-electron chi connectivity index (χ3n) is 0.888. The number of aliphatic hydroxyl groups excluding tert-OH is 4. The molecule has 0 heterocycles. The summed E-state index contributed by atoms with van der Waals surface area (Å²) in [5, 5.41) is 32.4. The van der Waals surface area contributed by atoms with Gasteiger partial charge in [-0.3, -0.25) is 0 Å². The third-order valence-corrected chi connectivity index (χ3v) is 0.888. The Morgan fingerprint density at radius 3 is 1.18 bits per heavy atom. The minimum Gasteiger partial charge on any atom is -0.396 e. The second-order valence-electron chi connectivity index (χ2n) is 2.50. The van der Waals surface area contributed by atoms with Gasteiger partial charge in [0.05, 0.1) is 12.7 Å². The number of rotatable bonds is 3. The van der Waals surface area contributed by atoms with Crippen molar-refractivity contribution in [2.75, 3.05) is 19.8 Å². The monoisotopic (exact) mass is 166 g/mol. The van der Waals surface area contributed by atoms with Gasteiger partial charge >= 0.3 is 0 Å². The van der Waals surface area contributed by atoms with E-state index in [0.29, 0.717) is 0 Å². The highest BCUT2D eigenvalue weighted by Crippen LogP contribution is 1.85. The van der Waals surface area contributed by atoms with E-state index in [9.17, 15) is 0 Å². The topological polar surface area (TPSA) is 80.9 Å². The van der Waals surface area contributed by atoms with E-state index in [0.717, 1.165) is 0 Å². The van der Waals surface area contributed by atoms with Gasteiger partial charge in [-0.05, 0) is 6.92 Å². The van der Waals surface area contributed by atoms with Crippen molar-refractivity contribution in [2.45, 2.75) is 20.0 Å². The van der Waals surface area contributed by atoms with E-state index in [4.69, 9.17) is 20.4 Å². The summed E-state index contributed by atoms with van der Waals surface area (Å²) in [4.78, 5) is 0. The molecule has 0 amide bonds. The predicted octanol–water partition coefficient (Wildman–Crippen LogP) is -1.03. The Hall–Kier alpha value is -0.160. The average Bonchev–Trinajstić information content (AvgIpc) is 2.04. The van der Waals surface area contributed by atoms with Crippen molar-refractivity contribution in [3.8, 4) is 0 Å². The van der Waals surface area contributed by atoms with Crippen LogP contribution in [0.4, 0.5) is 0 Å². The van der Waals surface area contributed by atoms with Gasteiger partial charge in [-0.15, -0.1) is 0 Å². The molecule has 0 aromatic carbocycles. The zero-order chi connectivity index (χ0) is 9.28. The molecule has 0 saturated carbocycles. The Balaban J connectivity index is 0. The minimum absolute atomic E-state index is 0.0463. The van der Waals surface area contributed by atoms with Crippen molar-refractivity contribution in [2.24, 2.45) is 5.92 Å². The molecular weight excluding hydrogens is 148 g/mol. The highest BCUT2D eigenvalue weighted by Gasteiger charge is 1.91. The van der Waals surface area contributed by atoms with Crippen LogP contribution in [0.2, 0.25) is 0 Å².